The maximum absolute atomic E-state index is 11.7. The van der Waals surface area contributed by atoms with Gasteiger partial charge in [-0.25, -0.2) is 8.42 Å². The third-order valence-electron chi connectivity index (χ3n) is 2.61. The van der Waals surface area contributed by atoms with Crippen LogP contribution in [0.1, 0.15) is 25.7 Å². The van der Waals surface area contributed by atoms with E-state index >= 15 is 0 Å². The Hall–Kier alpha value is -0.620. The molecule has 3 N–H and O–H groups in total. The second-order valence-electron chi connectivity index (χ2n) is 3.85. The van der Waals surface area contributed by atoms with Gasteiger partial charge in [-0.2, -0.15) is 0 Å². The lowest BCUT2D eigenvalue weighted by molar-refractivity contribution is -0.118. The molecule has 1 aliphatic carbocycles. The molecule has 15 heavy (non-hydrogen) atoms. The van der Waals surface area contributed by atoms with E-state index in [4.69, 9.17) is 5.73 Å². The highest BCUT2D eigenvalue weighted by atomic mass is 32.2. The summed E-state index contributed by atoms with van der Waals surface area (Å²) in [7, 11) is -3.24. The summed E-state index contributed by atoms with van der Waals surface area (Å²) in [4.78, 5) is 11.2. The van der Waals surface area contributed by atoms with Crippen LogP contribution >= 0.6 is 0 Å². The molecule has 0 aliphatic heterocycles. The van der Waals surface area contributed by atoms with Crippen molar-refractivity contribution in [2.24, 2.45) is 5.73 Å². The highest BCUT2D eigenvalue weighted by molar-refractivity contribution is 7.92. The highest BCUT2D eigenvalue weighted by Gasteiger charge is 2.30. The second kappa shape index (κ2) is 5.46. The van der Waals surface area contributed by atoms with Crippen molar-refractivity contribution in [3.05, 3.63) is 0 Å². The molecule has 1 fully saturated rings. The van der Waals surface area contributed by atoms with Crippen molar-refractivity contribution < 1.29 is 13.2 Å². The standard InChI is InChI=1S/C9H18N2O3S/c10-5-6-11-9(12)7-15(13,14)8-3-1-2-4-8/h8H,1-7,10H2,(H,11,12). The van der Waals surface area contributed by atoms with Crippen LogP contribution < -0.4 is 11.1 Å². The Labute approximate surface area is 90.3 Å². The molecule has 0 saturated heterocycles. The maximum Gasteiger partial charge on any atom is 0.235 e. The van der Waals surface area contributed by atoms with Gasteiger partial charge in [-0.3, -0.25) is 4.79 Å². The molecule has 0 unspecified atom stereocenters. The average Bonchev–Trinajstić information content (AvgIpc) is 2.67. The van der Waals surface area contributed by atoms with Gasteiger partial charge in [0.15, 0.2) is 9.84 Å². The summed E-state index contributed by atoms with van der Waals surface area (Å²) < 4.78 is 23.4. The first-order chi connectivity index (χ1) is 7.06. The lowest BCUT2D eigenvalue weighted by Crippen LogP contribution is -2.36. The van der Waals surface area contributed by atoms with Crippen LogP contribution in [0.3, 0.4) is 0 Å². The smallest absolute Gasteiger partial charge is 0.235 e. The van der Waals surface area contributed by atoms with Crippen LogP contribution in [-0.2, 0) is 14.6 Å². The van der Waals surface area contributed by atoms with Crippen LogP contribution in [0.5, 0.6) is 0 Å². The quantitative estimate of drug-likeness (QED) is 0.666. The lowest BCUT2D eigenvalue weighted by atomic mass is 10.4. The summed E-state index contributed by atoms with van der Waals surface area (Å²) in [6.07, 6.45) is 3.31. The molecule has 6 heteroatoms. The van der Waals surface area contributed by atoms with E-state index in [1.54, 1.807) is 0 Å². The molecule has 1 aliphatic rings. The monoisotopic (exact) mass is 234 g/mol. The molecule has 0 radical (unpaired) electrons. The van der Waals surface area contributed by atoms with Crippen molar-refractivity contribution in [2.75, 3.05) is 18.8 Å². The van der Waals surface area contributed by atoms with E-state index in [0.29, 0.717) is 25.9 Å². The van der Waals surface area contributed by atoms with E-state index in [1.807, 2.05) is 0 Å². The summed E-state index contributed by atoms with van der Waals surface area (Å²) in [6.45, 7) is 0.661. The average molecular weight is 234 g/mol. The second-order valence-corrected chi connectivity index (χ2v) is 6.13. The molecule has 0 aromatic heterocycles. The van der Waals surface area contributed by atoms with Crippen LogP contribution in [0.15, 0.2) is 0 Å². The van der Waals surface area contributed by atoms with Crippen molar-refractivity contribution in [3.8, 4) is 0 Å². The molecule has 5 nitrogen and oxygen atoms in total. The molecule has 0 atom stereocenters. The molecule has 88 valence electrons. The zero-order chi connectivity index (χ0) is 11.3. The fraction of sp³-hybridized carbons (Fsp3) is 0.889. The van der Waals surface area contributed by atoms with Crippen molar-refractivity contribution in [1.29, 1.82) is 0 Å². The van der Waals surface area contributed by atoms with Crippen LogP contribution in [0.4, 0.5) is 0 Å². The van der Waals surface area contributed by atoms with Crippen molar-refractivity contribution in [2.45, 2.75) is 30.9 Å². The first-order valence-corrected chi connectivity index (χ1v) is 6.96. The van der Waals surface area contributed by atoms with Gasteiger partial charge in [-0.05, 0) is 12.8 Å². The Morgan fingerprint density at radius 1 is 1.33 bits per heavy atom. The Kier molecular flexibility index (Phi) is 4.53. The molecule has 1 amide bonds. The summed E-state index contributed by atoms with van der Waals surface area (Å²) in [6, 6.07) is 0. The number of sulfone groups is 1. The van der Waals surface area contributed by atoms with Crippen molar-refractivity contribution in [1.82, 2.24) is 5.32 Å². The zero-order valence-electron chi connectivity index (χ0n) is 8.74. The molecule has 1 rings (SSSR count). The Morgan fingerprint density at radius 3 is 2.47 bits per heavy atom. The van der Waals surface area contributed by atoms with Gasteiger partial charge in [-0.1, -0.05) is 12.8 Å². The zero-order valence-corrected chi connectivity index (χ0v) is 9.55. The fourth-order valence-electron chi connectivity index (χ4n) is 1.81. The maximum atomic E-state index is 11.7. The molecular weight excluding hydrogens is 216 g/mol. The molecule has 0 aromatic carbocycles. The van der Waals surface area contributed by atoms with Crippen LogP contribution in [0.25, 0.3) is 0 Å². The van der Waals surface area contributed by atoms with Crippen molar-refractivity contribution >= 4 is 15.7 Å². The Bertz CT molecular complexity index is 307. The molecule has 0 bridgehead atoms. The van der Waals surface area contributed by atoms with Gasteiger partial charge in [0.1, 0.15) is 5.75 Å². The number of hydrogen-bond acceptors (Lipinski definition) is 4. The molecular formula is C9H18N2O3S. The molecule has 0 heterocycles. The van der Waals surface area contributed by atoms with Gasteiger partial charge >= 0.3 is 0 Å². The van der Waals surface area contributed by atoms with Crippen LogP contribution in [-0.4, -0.2) is 38.4 Å². The van der Waals surface area contributed by atoms with E-state index in [-0.39, 0.29) is 5.25 Å². The van der Waals surface area contributed by atoms with Crippen LogP contribution in [0, 0.1) is 0 Å². The number of rotatable bonds is 5. The van der Waals surface area contributed by atoms with E-state index in [1.165, 1.54) is 0 Å². The summed E-state index contributed by atoms with van der Waals surface area (Å²) >= 11 is 0. The van der Waals surface area contributed by atoms with Crippen LogP contribution in [0.2, 0.25) is 0 Å². The van der Waals surface area contributed by atoms with Gasteiger partial charge < -0.3 is 11.1 Å². The number of nitrogens with two attached hydrogens (primary N) is 1. The highest BCUT2D eigenvalue weighted by Crippen LogP contribution is 2.24. The largest absolute Gasteiger partial charge is 0.354 e. The fourth-order valence-corrected chi connectivity index (χ4v) is 3.57. The Morgan fingerprint density at radius 2 is 1.93 bits per heavy atom. The minimum Gasteiger partial charge on any atom is -0.354 e. The SMILES string of the molecule is NCCNC(=O)CS(=O)(=O)C1CCCC1. The van der Waals surface area contributed by atoms with E-state index in [9.17, 15) is 13.2 Å². The minimum absolute atomic E-state index is 0.305. The predicted octanol–water partition coefficient (Wildman–Crippen LogP) is -0.581. The van der Waals surface area contributed by atoms with Gasteiger partial charge in [-0.15, -0.1) is 0 Å². The first-order valence-electron chi connectivity index (χ1n) is 5.24. The summed E-state index contributed by atoms with van der Waals surface area (Å²) in [5.74, 6) is -0.829. The van der Waals surface area contributed by atoms with Gasteiger partial charge in [0.05, 0.1) is 5.25 Å². The number of hydrogen-bond donors (Lipinski definition) is 2. The molecule has 0 spiro atoms. The Balaban J connectivity index is 2.44. The number of carbonyl (C=O) groups is 1. The summed E-state index contributed by atoms with van der Waals surface area (Å²) in [5.41, 5.74) is 5.20. The molecule has 1 saturated carbocycles. The van der Waals surface area contributed by atoms with Gasteiger partial charge in [0.2, 0.25) is 5.91 Å². The van der Waals surface area contributed by atoms with Gasteiger partial charge in [0, 0.05) is 13.1 Å². The minimum atomic E-state index is -3.24. The summed E-state index contributed by atoms with van der Waals surface area (Å²) in [5, 5.41) is 2.16. The topological polar surface area (TPSA) is 89.3 Å². The lowest BCUT2D eigenvalue weighted by Gasteiger charge is -2.10. The number of amides is 1. The van der Waals surface area contributed by atoms with Crippen molar-refractivity contribution in [3.63, 3.8) is 0 Å². The normalized spacial score (nSPS) is 17.9. The predicted molar refractivity (Wildman–Crippen MR) is 58.1 cm³/mol. The van der Waals surface area contributed by atoms with E-state index in [0.717, 1.165) is 12.8 Å². The third kappa shape index (κ3) is 3.79. The number of nitrogens with one attached hydrogen (secondary N) is 1. The third-order valence-corrected chi connectivity index (χ3v) is 4.76. The van der Waals surface area contributed by atoms with E-state index in [2.05, 4.69) is 5.32 Å². The van der Waals surface area contributed by atoms with Gasteiger partial charge in [0.25, 0.3) is 0 Å². The molecule has 0 aromatic rings. The number of carbonyl (C=O) groups excluding carboxylic acids is 1. The first kappa shape index (κ1) is 12.4. The van der Waals surface area contributed by atoms with E-state index < -0.39 is 21.5 Å².